The highest BCUT2D eigenvalue weighted by Gasteiger charge is 1.99. The topological polar surface area (TPSA) is 17.3 Å². The van der Waals surface area contributed by atoms with Gasteiger partial charge < -0.3 is 0 Å². The first-order valence-corrected chi connectivity index (χ1v) is 3.43. The highest BCUT2D eigenvalue weighted by atomic mass is 35.5. The Morgan fingerprint density at radius 1 is 1.45 bits per heavy atom. The molecule has 0 N–H and O–H groups in total. The van der Waals surface area contributed by atoms with E-state index in [4.69, 9.17) is 11.6 Å². The molecular formula is C7H4ClFN2. The summed E-state index contributed by atoms with van der Waals surface area (Å²) in [6.07, 6.45) is 2.78. The second kappa shape index (κ2) is 2.20. The third-order valence-electron chi connectivity index (χ3n) is 1.42. The van der Waals surface area contributed by atoms with Crippen LogP contribution < -0.4 is 0 Å². The van der Waals surface area contributed by atoms with Crippen molar-refractivity contribution in [2.75, 3.05) is 0 Å². The predicted molar refractivity (Wildman–Crippen MR) is 40.2 cm³/mol. The van der Waals surface area contributed by atoms with Crippen LogP contribution in [0.25, 0.3) is 5.65 Å². The molecule has 0 spiro atoms. The summed E-state index contributed by atoms with van der Waals surface area (Å²) in [6, 6.07) is 2.92. The molecule has 2 nitrogen and oxygen atoms in total. The Bertz CT molecular complexity index is 396. The zero-order chi connectivity index (χ0) is 7.84. The smallest absolute Gasteiger partial charge is 0.139 e. The largest absolute Gasteiger partial charge is 0.288 e. The Hall–Kier alpha value is -1.09. The highest BCUT2D eigenvalue weighted by molar-refractivity contribution is 6.29. The lowest BCUT2D eigenvalue weighted by atomic mass is 10.5. The van der Waals surface area contributed by atoms with E-state index in [-0.39, 0.29) is 5.82 Å². The van der Waals surface area contributed by atoms with Crippen LogP contribution in [0.1, 0.15) is 0 Å². The molecule has 2 rings (SSSR count). The molecule has 0 aliphatic heterocycles. The summed E-state index contributed by atoms with van der Waals surface area (Å²) in [6.45, 7) is 0. The van der Waals surface area contributed by atoms with E-state index in [1.807, 2.05) is 0 Å². The molecule has 0 unspecified atom stereocenters. The monoisotopic (exact) mass is 170 g/mol. The summed E-state index contributed by atoms with van der Waals surface area (Å²) < 4.78 is 14.1. The molecule has 0 atom stereocenters. The third kappa shape index (κ3) is 0.973. The van der Waals surface area contributed by atoms with Crippen LogP contribution in [0.2, 0.25) is 5.15 Å². The first-order chi connectivity index (χ1) is 5.27. The van der Waals surface area contributed by atoms with Gasteiger partial charge in [0.25, 0.3) is 0 Å². The quantitative estimate of drug-likeness (QED) is 0.592. The van der Waals surface area contributed by atoms with Crippen molar-refractivity contribution in [3.63, 3.8) is 0 Å². The summed E-state index contributed by atoms with van der Waals surface area (Å²) in [4.78, 5) is 3.92. The van der Waals surface area contributed by atoms with E-state index in [2.05, 4.69) is 4.98 Å². The number of halogens is 2. The van der Waals surface area contributed by atoms with Crippen LogP contribution in [0.15, 0.2) is 24.5 Å². The first-order valence-electron chi connectivity index (χ1n) is 3.05. The molecule has 0 aliphatic carbocycles. The standard InChI is InChI=1S/C7H4ClFN2/c8-6-3-10-7-2-1-5(9)4-11(6)7/h1-4H. The molecule has 0 amide bonds. The van der Waals surface area contributed by atoms with Crippen LogP contribution in [0.5, 0.6) is 0 Å². The number of rotatable bonds is 0. The Morgan fingerprint density at radius 2 is 2.27 bits per heavy atom. The van der Waals surface area contributed by atoms with Gasteiger partial charge in [-0.2, -0.15) is 0 Å². The van der Waals surface area contributed by atoms with Gasteiger partial charge in [0.15, 0.2) is 0 Å². The third-order valence-corrected chi connectivity index (χ3v) is 1.70. The molecule has 0 saturated carbocycles. The van der Waals surface area contributed by atoms with Crippen molar-refractivity contribution in [2.45, 2.75) is 0 Å². The van der Waals surface area contributed by atoms with Crippen molar-refractivity contribution in [1.82, 2.24) is 9.38 Å². The number of nitrogens with zero attached hydrogens (tertiary/aromatic N) is 2. The minimum absolute atomic E-state index is 0.322. The zero-order valence-electron chi connectivity index (χ0n) is 5.46. The van der Waals surface area contributed by atoms with Crippen LogP contribution in [0, 0.1) is 5.82 Å². The van der Waals surface area contributed by atoms with Crippen LogP contribution >= 0.6 is 11.6 Å². The molecular weight excluding hydrogens is 167 g/mol. The van der Waals surface area contributed by atoms with Crippen LogP contribution in [0.3, 0.4) is 0 Å². The maximum atomic E-state index is 12.6. The summed E-state index contributed by atoms with van der Waals surface area (Å²) in [5.41, 5.74) is 0.649. The maximum absolute atomic E-state index is 12.6. The van der Waals surface area contributed by atoms with E-state index in [0.29, 0.717) is 10.8 Å². The first kappa shape index (κ1) is 6.61. The average molecular weight is 171 g/mol. The fraction of sp³-hybridized carbons (Fsp3) is 0. The van der Waals surface area contributed by atoms with Crippen molar-refractivity contribution in [3.8, 4) is 0 Å². The lowest BCUT2D eigenvalue weighted by Gasteiger charge is -1.92. The molecule has 0 aromatic carbocycles. The molecule has 4 heteroatoms. The summed E-state index contributed by atoms with van der Waals surface area (Å²) >= 11 is 5.68. The summed E-state index contributed by atoms with van der Waals surface area (Å²) in [5, 5.41) is 0.416. The minimum atomic E-state index is -0.322. The normalized spacial score (nSPS) is 10.7. The Balaban J connectivity index is 2.87. The number of hydrogen-bond acceptors (Lipinski definition) is 1. The van der Waals surface area contributed by atoms with Gasteiger partial charge in [0.2, 0.25) is 0 Å². The van der Waals surface area contributed by atoms with Crippen molar-refractivity contribution in [2.24, 2.45) is 0 Å². The van der Waals surface area contributed by atoms with E-state index in [1.54, 1.807) is 6.07 Å². The van der Waals surface area contributed by atoms with Crippen LogP contribution in [-0.2, 0) is 0 Å². The van der Waals surface area contributed by atoms with E-state index in [0.717, 1.165) is 0 Å². The predicted octanol–water partition coefficient (Wildman–Crippen LogP) is 2.13. The molecule has 0 saturated heterocycles. The van der Waals surface area contributed by atoms with E-state index >= 15 is 0 Å². The van der Waals surface area contributed by atoms with Gasteiger partial charge in [-0.15, -0.1) is 0 Å². The molecule has 0 radical (unpaired) electrons. The Kier molecular flexibility index (Phi) is 1.32. The number of imidazole rings is 1. The van der Waals surface area contributed by atoms with Gasteiger partial charge in [-0.1, -0.05) is 11.6 Å². The zero-order valence-corrected chi connectivity index (χ0v) is 6.22. The maximum Gasteiger partial charge on any atom is 0.139 e. The molecule has 0 aliphatic rings. The van der Waals surface area contributed by atoms with Crippen LogP contribution in [0.4, 0.5) is 4.39 Å². The van der Waals surface area contributed by atoms with E-state index in [1.165, 1.54) is 22.9 Å². The summed E-state index contributed by atoms with van der Waals surface area (Å²) in [5.74, 6) is -0.322. The number of pyridine rings is 1. The van der Waals surface area contributed by atoms with Crippen molar-refractivity contribution >= 4 is 17.2 Å². The van der Waals surface area contributed by atoms with E-state index < -0.39 is 0 Å². The SMILES string of the molecule is Fc1ccc2ncc(Cl)n2c1. The minimum Gasteiger partial charge on any atom is -0.288 e. The van der Waals surface area contributed by atoms with Gasteiger partial charge in [0, 0.05) is 6.20 Å². The lowest BCUT2D eigenvalue weighted by Crippen LogP contribution is -1.85. The molecule has 2 aromatic rings. The fourth-order valence-electron chi connectivity index (χ4n) is 0.925. The van der Waals surface area contributed by atoms with Gasteiger partial charge in [0.05, 0.1) is 6.20 Å². The summed E-state index contributed by atoms with van der Waals surface area (Å²) in [7, 11) is 0. The number of aromatic nitrogens is 2. The lowest BCUT2D eigenvalue weighted by molar-refractivity contribution is 0.619. The van der Waals surface area contributed by atoms with Crippen LogP contribution in [-0.4, -0.2) is 9.38 Å². The van der Waals surface area contributed by atoms with Gasteiger partial charge in [-0.25, -0.2) is 9.37 Å². The van der Waals surface area contributed by atoms with Gasteiger partial charge >= 0.3 is 0 Å². The van der Waals surface area contributed by atoms with Crippen molar-refractivity contribution in [3.05, 3.63) is 35.5 Å². The highest BCUT2D eigenvalue weighted by Crippen LogP contribution is 2.12. The average Bonchev–Trinajstić information content (AvgIpc) is 2.33. The molecule has 0 bridgehead atoms. The van der Waals surface area contributed by atoms with Gasteiger partial charge in [-0.05, 0) is 12.1 Å². The molecule has 11 heavy (non-hydrogen) atoms. The fourth-order valence-corrected chi connectivity index (χ4v) is 1.11. The van der Waals surface area contributed by atoms with Gasteiger partial charge in [0.1, 0.15) is 16.6 Å². The molecule has 56 valence electrons. The van der Waals surface area contributed by atoms with Crippen molar-refractivity contribution in [1.29, 1.82) is 0 Å². The molecule has 0 fully saturated rings. The molecule has 2 aromatic heterocycles. The Labute approximate surface area is 67.2 Å². The van der Waals surface area contributed by atoms with E-state index in [9.17, 15) is 4.39 Å². The second-order valence-corrected chi connectivity index (χ2v) is 2.54. The number of fused-ring (bicyclic) bond motifs is 1. The van der Waals surface area contributed by atoms with Crippen molar-refractivity contribution < 1.29 is 4.39 Å². The molecule has 2 heterocycles. The number of hydrogen-bond donors (Lipinski definition) is 0. The Morgan fingerprint density at radius 3 is 3.09 bits per heavy atom. The van der Waals surface area contributed by atoms with Gasteiger partial charge in [-0.3, -0.25) is 4.40 Å². The second-order valence-electron chi connectivity index (χ2n) is 2.16.